The monoisotopic (exact) mass is 245 g/mol. The summed E-state index contributed by atoms with van der Waals surface area (Å²) in [5, 5.41) is 7.39. The Kier molecular flexibility index (Phi) is 3.52. The van der Waals surface area contributed by atoms with E-state index in [4.69, 9.17) is 15.9 Å². The molecule has 0 amide bonds. The number of hydrogen-bond donors (Lipinski definition) is 2. The molecule has 0 radical (unpaired) electrons. The second kappa shape index (κ2) is 5.27. The Balaban J connectivity index is 2.16. The zero-order valence-electron chi connectivity index (χ0n) is 9.56. The first-order chi connectivity index (χ1) is 8.68. The molecule has 0 fully saturated rings. The topological polar surface area (TPSA) is 72.0 Å². The fraction of sp³-hybridized carbons (Fsp3) is 0.0769. The van der Waals surface area contributed by atoms with Gasteiger partial charge in [0.25, 0.3) is 0 Å². The van der Waals surface area contributed by atoms with Crippen molar-refractivity contribution in [1.82, 2.24) is 4.98 Å². The Hall–Kier alpha value is -2.43. The molecule has 0 bridgehead atoms. The maximum absolute atomic E-state index is 13.3. The minimum absolute atomic E-state index is 0.115. The van der Waals surface area contributed by atoms with Crippen LogP contribution in [0.2, 0.25) is 0 Å². The van der Waals surface area contributed by atoms with E-state index in [0.717, 1.165) is 0 Å². The summed E-state index contributed by atoms with van der Waals surface area (Å²) in [5.74, 6) is -0.399. The van der Waals surface area contributed by atoms with E-state index < -0.39 is 5.82 Å². The maximum atomic E-state index is 13.3. The highest BCUT2D eigenvalue weighted by Crippen LogP contribution is 2.17. The molecule has 0 spiro atoms. The number of aromatic nitrogens is 1. The average molecular weight is 245 g/mol. The van der Waals surface area contributed by atoms with Gasteiger partial charge in [-0.15, -0.1) is 0 Å². The highest BCUT2D eigenvalue weighted by molar-refractivity contribution is 5.94. The number of pyridine rings is 1. The number of nitrogen functional groups attached to an aromatic ring is 1. The number of para-hydroxylation sites is 1. The standard InChI is InChI=1S/C13H12FN3O/c14-10-5-1-2-6-11(10)18-8-9-4-3-7-17-12(9)13(15)16/h1-7H,8H2,(H3,15,16). The van der Waals surface area contributed by atoms with Gasteiger partial charge in [-0.25, -0.2) is 4.39 Å². The van der Waals surface area contributed by atoms with E-state index in [9.17, 15) is 4.39 Å². The molecule has 18 heavy (non-hydrogen) atoms. The predicted molar refractivity (Wildman–Crippen MR) is 66.0 cm³/mol. The minimum atomic E-state index is -0.425. The van der Waals surface area contributed by atoms with E-state index in [2.05, 4.69) is 4.98 Å². The van der Waals surface area contributed by atoms with Gasteiger partial charge >= 0.3 is 0 Å². The third-order valence-electron chi connectivity index (χ3n) is 2.37. The molecular weight excluding hydrogens is 233 g/mol. The summed E-state index contributed by atoms with van der Waals surface area (Å²) < 4.78 is 18.7. The quantitative estimate of drug-likeness (QED) is 0.640. The zero-order valence-corrected chi connectivity index (χ0v) is 9.56. The van der Waals surface area contributed by atoms with E-state index in [-0.39, 0.29) is 18.2 Å². The van der Waals surface area contributed by atoms with Crippen molar-refractivity contribution in [3.63, 3.8) is 0 Å². The van der Waals surface area contributed by atoms with Crippen LogP contribution in [0.1, 0.15) is 11.3 Å². The van der Waals surface area contributed by atoms with Gasteiger partial charge in [0.15, 0.2) is 11.6 Å². The third-order valence-corrected chi connectivity index (χ3v) is 2.37. The molecule has 0 aliphatic rings. The number of ether oxygens (including phenoxy) is 1. The van der Waals surface area contributed by atoms with Crippen molar-refractivity contribution in [3.8, 4) is 5.75 Å². The molecule has 2 rings (SSSR count). The van der Waals surface area contributed by atoms with Crippen LogP contribution in [-0.2, 0) is 6.61 Å². The molecule has 0 aliphatic heterocycles. The molecule has 3 N–H and O–H groups in total. The van der Waals surface area contributed by atoms with Gasteiger partial charge in [-0.3, -0.25) is 10.4 Å². The lowest BCUT2D eigenvalue weighted by atomic mass is 10.2. The highest BCUT2D eigenvalue weighted by atomic mass is 19.1. The van der Waals surface area contributed by atoms with Gasteiger partial charge in [0.05, 0.1) is 0 Å². The van der Waals surface area contributed by atoms with Crippen LogP contribution in [0.5, 0.6) is 5.75 Å². The minimum Gasteiger partial charge on any atom is -0.486 e. The first-order valence-electron chi connectivity index (χ1n) is 5.34. The van der Waals surface area contributed by atoms with E-state index in [1.54, 1.807) is 36.5 Å². The Morgan fingerprint density at radius 1 is 1.28 bits per heavy atom. The summed E-state index contributed by atoms with van der Waals surface area (Å²) in [6.45, 7) is 0.115. The number of nitrogens with two attached hydrogens (primary N) is 1. The molecular formula is C13H12FN3O. The van der Waals surface area contributed by atoms with Gasteiger partial charge in [0.1, 0.15) is 18.1 Å². The summed E-state index contributed by atoms with van der Waals surface area (Å²) >= 11 is 0. The largest absolute Gasteiger partial charge is 0.486 e. The van der Waals surface area contributed by atoms with Crippen molar-refractivity contribution in [3.05, 3.63) is 59.7 Å². The molecule has 2 aromatic rings. The van der Waals surface area contributed by atoms with E-state index in [1.165, 1.54) is 6.07 Å². The van der Waals surface area contributed by atoms with E-state index in [1.807, 2.05) is 0 Å². The van der Waals surface area contributed by atoms with Gasteiger partial charge in [0, 0.05) is 11.8 Å². The number of amidine groups is 1. The molecule has 92 valence electrons. The molecule has 0 saturated carbocycles. The van der Waals surface area contributed by atoms with E-state index in [0.29, 0.717) is 11.3 Å². The number of rotatable bonds is 4. The Bertz CT molecular complexity index is 572. The second-order valence-electron chi connectivity index (χ2n) is 3.64. The van der Waals surface area contributed by atoms with Gasteiger partial charge < -0.3 is 10.5 Å². The molecule has 1 aromatic carbocycles. The summed E-state index contributed by atoms with van der Waals surface area (Å²) in [4.78, 5) is 3.99. The predicted octanol–water partition coefficient (Wildman–Crippen LogP) is 2.08. The first-order valence-corrected chi connectivity index (χ1v) is 5.34. The molecule has 5 heteroatoms. The van der Waals surface area contributed by atoms with Crippen LogP contribution in [0, 0.1) is 11.2 Å². The maximum Gasteiger partial charge on any atom is 0.165 e. The van der Waals surface area contributed by atoms with Crippen molar-refractivity contribution in [2.24, 2.45) is 5.73 Å². The lowest BCUT2D eigenvalue weighted by molar-refractivity contribution is 0.289. The van der Waals surface area contributed by atoms with Crippen molar-refractivity contribution in [2.45, 2.75) is 6.61 Å². The van der Waals surface area contributed by atoms with Crippen molar-refractivity contribution < 1.29 is 9.13 Å². The molecule has 0 aliphatic carbocycles. The molecule has 0 atom stereocenters. The summed E-state index contributed by atoms with van der Waals surface area (Å²) in [6, 6.07) is 9.60. The lowest BCUT2D eigenvalue weighted by Gasteiger charge is -2.09. The van der Waals surface area contributed by atoms with E-state index >= 15 is 0 Å². The van der Waals surface area contributed by atoms with Crippen LogP contribution in [-0.4, -0.2) is 10.8 Å². The lowest BCUT2D eigenvalue weighted by Crippen LogP contribution is -2.16. The van der Waals surface area contributed by atoms with Crippen molar-refractivity contribution in [2.75, 3.05) is 0 Å². The van der Waals surface area contributed by atoms with Crippen LogP contribution in [0.4, 0.5) is 4.39 Å². The molecule has 1 heterocycles. The molecule has 1 aromatic heterocycles. The molecule has 4 nitrogen and oxygen atoms in total. The average Bonchev–Trinajstić information content (AvgIpc) is 2.38. The van der Waals surface area contributed by atoms with Crippen LogP contribution in [0.25, 0.3) is 0 Å². The van der Waals surface area contributed by atoms with Gasteiger partial charge in [-0.2, -0.15) is 0 Å². The summed E-state index contributed by atoms with van der Waals surface area (Å²) in [6.07, 6.45) is 1.54. The molecule has 0 saturated heterocycles. The Morgan fingerprint density at radius 2 is 2.06 bits per heavy atom. The number of hydrogen-bond acceptors (Lipinski definition) is 3. The Morgan fingerprint density at radius 3 is 2.78 bits per heavy atom. The zero-order chi connectivity index (χ0) is 13.0. The Labute approximate surface area is 104 Å². The fourth-order valence-electron chi connectivity index (χ4n) is 1.51. The third kappa shape index (κ3) is 2.63. The van der Waals surface area contributed by atoms with Gasteiger partial charge in [0.2, 0.25) is 0 Å². The summed E-state index contributed by atoms with van der Waals surface area (Å²) in [5.41, 5.74) is 6.41. The van der Waals surface area contributed by atoms with Crippen LogP contribution < -0.4 is 10.5 Å². The number of halogens is 1. The first kappa shape index (κ1) is 12.0. The van der Waals surface area contributed by atoms with Gasteiger partial charge in [-0.1, -0.05) is 18.2 Å². The van der Waals surface area contributed by atoms with Crippen LogP contribution >= 0.6 is 0 Å². The number of nitrogens with one attached hydrogen (secondary N) is 1. The van der Waals surface area contributed by atoms with Crippen molar-refractivity contribution in [1.29, 1.82) is 5.41 Å². The normalized spacial score (nSPS) is 10.1. The highest BCUT2D eigenvalue weighted by Gasteiger charge is 2.08. The fourth-order valence-corrected chi connectivity index (χ4v) is 1.51. The van der Waals surface area contributed by atoms with Crippen molar-refractivity contribution >= 4 is 5.84 Å². The smallest absolute Gasteiger partial charge is 0.165 e. The van der Waals surface area contributed by atoms with Crippen LogP contribution in [0.3, 0.4) is 0 Å². The van der Waals surface area contributed by atoms with Crippen LogP contribution in [0.15, 0.2) is 42.6 Å². The number of nitrogens with zero attached hydrogens (tertiary/aromatic N) is 1. The van der Waals surface area contributed by atoms with Gasteiger partial charge in [-0.05, 0) is 18.2 Å². The molecule has 0 unspecified atom stereocenters. The SMILES string of the molecule is N=C(N)c1ncccc1COc1ccccc1F. The summed E-state index contributed by atoms with van der Waals surface area (Å²) in [7, 11) is 0. The number of benzene rings is 1. The second-order valence-corrected chi connectivity index (χ2v) is 3.64.